The van der Waals surface area contributed by atoms with Crippen molar-refractivity contribution in [3.8, 4) is 11.3 Å². The molecule has 1 aliphatic heterocycles. The highest BCUT2D eigenvalue weighted by molar-refractivity contribution is 6.00. The maximum atomic E-state index is 13.3. The molecule has 0 spiro atoms. The number of nitrogens with zero attached hydrogens (tertiary/aromatic N) is 6. The summed E-state index contributed by atoms with van der Waals surface area (Å²) in [5.41, 5.74) is 7.35. The highest BCUT2D eigenvalue weighted by Crippen LogP contribution is 2.43. The largest absolute Gasteiger partial charge is 0.416 e. The van der Waals surface area contributed by atoms with E-state index in [0.717, 1.165) is 57.0 Å². The number of rotatable bonds is 6. The number of ketones is 1. The zero-order valence-electron chi connectivity index (χ0n) is 23.1. The second-order valence-corrected chi connectivity index (χ2v) is 11.4. The highest BCUT2D eigenvalue weighted by atomic mass is 19.4. The van der Waals surface area contributed by atoms with Gasteiger partial charge in [-0.05, 0) is 37.8 Å². The predicted octanol–water partition coefficient (Wildman–Crippen LogP) is 5.27. The molecule has 1 atom stereocenters. The van der Waals surface area contributed by atoms with Gasteiger partial charge in [0.25, 0.3) is 0 Å². The number of piperidine rings is 1. The zero-order valence-corrected chi connectivity index (χ0v) is 23.1. The number of fused-ring (bicyclic) bond motifs is 1. The third-order valence-corrected chi connectivity index (χ3v) is 8.49. The van der Waals surface area contributed by atoms with E-state index in [-0.39, 0.29) is 41.1 Å². The fourth-order valence-corrected chi connectivity index (χ4v) is 5.93. The van der Waals surface area contributed by atoms with Gasteiger partial charge in [0.2, 0.25) is 5.91 Å². The Morgan fingerprint density at radius 3 is 2.52 bits per heavy atom. The van der Waals surface area contributed by atoms with Crippen molar-refractivity contribution in [2.24, 2.45) is 5.41 Å². The summed E-state index contributed by atoms with van der Waals surface area (Å²) in [6.07, 6.45) is 2.26. The highest BCUT2D eigenvalue weighted by Gasteiger charge is 2.43. The minimum atomic E-state index is -4.51. The lowest BCUT2D eigenvalue weighted by Gasteiger charge is -2.43. The molecule has 2 N–H and O–H groups in total. The van der Waals surface area contributed by atoms with Crippen molar-refractivity contribution in [1.29, 1.82) is 0 Å². The van der Waals surface area contributed by atoms with E-state index in [2.05, 4.69) is 15.0 Å². The fraction of sp³-hybridized carbons (Fsp3) is 0.400. The molecule has 1 saturated heterocycles. The summed E-state index contributed by atoms with van der Waals surface area (Å²) in [5.74, 6) is 0.103. The van der Waals surface area contributed by atoms with Crippen molar-refractivity contribution in [1.82, 2.24) is 29.6 Å². The van der Waals surface area contributed by atoms with Gasteiger partial charge in [-0.2, -0.15) is 18.3 Å². The first-order valence-electron chi connectivity index (χ1n) is 14.0. The van der Waals surface area contributed by atoms with Gasteiger partial charge in [0.05, 0.1) is 23.4 Å². The number of amides is 1. The molecular weight excluding hydrogens is 547 g/mol. The SMILES string of the molecule is CC1(C(=O)N2CCC[C@@H](n3nc(-c4ccc(C(=O)Cc5cc(C(F)(F)F)ccn5)cc4)c4c(N)ncnc43)C2)CCC1. The smallest absolute Gasteiger partial charge is 0.383 e. The van der Waals surface area contributed by atoms with E-state index < -0.39 is 11.7 Å². The van der Waals surface area contributed by atoms with Crippen LogP contribution in [-0.2, 0) is 17.4 Å². The molecule has 1 aliphatic carbocycles. The van der Waals surface area contributed by atoms with Crippen molar-refractivity contribution in [3.63, 3.8) is 0 Å². The number of likely N-dealkylation sites (tertiary alicyclic amines) is 1. The van der Waals surface area contributed by atoms with Gasteiger partial charge in [-0.3, -0.25) is 14.6 Å². The van der Waals surface area contributed by atoms with E-state index in [9.17, 15) is 22.8 Å². The number of hydrogen-bond acceptors (Lipinski definition) is 7. The van der Waals surface area contributed by atoms with Gasteiger partial charge >= 0.3 is 6.18 Å². The number of nitrogens with two attached hydrogens (primary N) is 1. The second-order valence-electron chi connectivity index (χ2n) is 11.4. The average molecular weight is 578 g/mol. The Hall–Kier alpha value is -4.35. The maximum Gasteiger partial charge on any atom is 0.416 e. The van der Waals surface area contributed by atoms with Crippen LogP contribution in [0, 0.1) is 5.41 Å². The van der Waals surface area contributed by atoms with E-state index in [0.29, 0.717) is 34.4 Å². The molecule has 0 bridgehead atoms. The molecule has 3 aromatic heterocycles. The lowest BCUT2D eigenvalue weighted by molar-refractivity contribution is -0.147. The van der Waals surface area contributed by atoms with Crippen LogP contribution in [0.4, 0.5) is 19.0 Å². The molecule has 0 unspecified atom stereocenters. The van der Waals surface area contributed by atoms with Gasteiger partial charge < -0.3 is 10.6 Å². The van der Waals surface area contributed by atoms with E-state index >= 15 is 0 Å². The van der Waals surface area contributed by atoms with Crippen LogP contribution in [0.1, 0.15) is 66.7 Å². The van der Waals surface area contributed by atoms with Crippen molar-refractivity contribution >= 4 is 28.5 Å². The van der Waals surface area contributed by atoms with Crippen molar-refractivity contribution in [2.45, 2.75) is 57.7 Å². The number of hydrogen-bond donors (Lipinski definition) is 1. The maximum absolute atomic E-state index is 13.3. The number of Topliss-reactive ketones (excluding diaryl/α,β-unsaturated/α-hetero) is 1. The number of anilines is 1. The molecular formula is C30H30F3N7O2. The first-order valence-corrected chi connectivity index (χ1v) is 14.0. The number of carbonyl (C=O) groups excluding carboxylic acids is 2. The Morgan fingerprint density at radius 2 is 1.83 bits per heavy atom. The van der Waals surface area contributed by atoms with Gasteiger partial charge in [0, 0.05) is 41.5 Å². The first-order chi connectivity index (χ1) is 20.0. The molecule has 4 heterocycles. The summed E-state index contributed by atoms with van der Waals surface area (Å²) in [5, 5.41) is 5.49. The minimum Gasteiger partial charge on any atom is -0.383 e. The first kappa shape index (κ1) is 27.8. The number of aromatic nitrogens is 5. The molecule has 42 heavy (non-hydrogen) atoms. The Bertz CT molecular complexity index is 1660. The van der Waals surface area contributed by atoms with Crippen molar-refractivity contribution in [2.75, 3.05) is 18.8 Å². The molecule has 1 amide bonds. The monoisotopic (exact) mass is 577 g/mol. The normalized spacial score (nSPS) is 18.6. The van der Waals surface area contributed by atoms with Crippen LogP contribution in [0.5, 0.6) is 0 Å². The average Bonchev–Trinajstić information content (AvgIpc) is 3.36. The van der Waals surface area contributed by atoms with Gasteiger partial charge in [-0.15, -0.1) is 0 Å². The third kappa shape index (κ3) is 5.10. The summed E-state index contributed by atoms with van der Waals surface area (Å²) < 4.78 is 41.0. The van der Waals surface area contributed by atoms with Gasteiger partial charge in [-0.25, -0.2) is 14.6 Å². The molecule has 2 fully saturated rings. The van der Waals surface area contributed by atoms with Crippen LogP contribution in [0.3, 0.4) is 0 Å². The molecule has 12 heteroatoms. The van der Waals surface area contributed by atoms with Crippen LogP contribution in [0.2, 0.25) is 0 Å². The predicted molar refractivity (Wildman–Crippen MR) is 149 cm³/mol. The Kier molecular flexibility index (Phi) is 6.94. The van der Waals surface area contributed by atoms with Crippen LogP contribution < -0.4 is 5.73 Å². The lowest BCUT2D eigenvalue weighted by atomic mass is 9.69. The summed E-state index contributed by atoms with van der Waals surface area (Å²) in [6.45, 7) is 3.30. The Morgan fingerprint density at radius 1 is 1.07 bits per heavy atom. The van der Waals surface area contributed by atoms with E-state index in [1.807, 2.05) is 16.5 Å². The van der Waals surface area contributed by atoms with Gasteiger partial charge in [0.15, 0.2) is 11.4 Å². The molecule has 1 aromatic carbocycles. The second kappa shape index (κ2) is 10.5. The molecule has 0 radical (unpaired) electrons. The number of alkyl halides is 3. The third-order valence-electron chi connectivity index (χ3n) is 8.49. The lowest BCUT2D eigenvalue weighted by Crippen LogP contribution is -2.50. The number of carbonyl (C=O) groups is 2. The molecule has 9 nitrogen and oxygen atoms in total. The Labute approximate surface area is 240 Å². The molecule has 6 rings (SSSR count). The molecule has 218 valence electrons. The summed E-state index contributed by atoms with van der Waals surface area (Å²) in [7, 11) is 0. The van der Waals surface area contributed by atoms with Crippen LogP contribution >= 0.6 is 0 Å². The molecule has 2 aliphatic rings. The number of benzene rings is 1. The molecule has 4 aromatic rings. The van der Waals surface area contributed by atoms with Gasteiger partial charge in [0.1, 0.15) is 17.8 Å². The number of nitrogen functional groups attached to an aromatic ring is 1. The summed E-state index contributed by atoms with van der Waals surface area (Å²) in [4.78, 5) is 40.7. The van der Waals surface area contributed by atoms with Crippen LogP contribution in [0.15, 0.2) is 48.9 Å². The minimum absolute atomic E-state index is 0.0415. The van der Waals surface area contributed by atoms with E-state index in [1.54, 1.807) is 24.3 Å². The summed E-state index contributed by atoms with van der Waals surface area (Å²) >= 11 is 0. The van der Waals surface area contributed by atoms with Crippen LogP contribution in [0.25, 0.3) is 22.3 Å². The zero-order chi connectivity index (χ0) is 29.6. The Balaban J connectivity index is 1.26. The van der Waals surface area contributed by atoms with E-state index in [4.69, 9.17) is 10.8 Å². The summed E-state index contributed by atoms with van der Waals surface area (Å²) in [6, 6.07) is 8.34. The molecule has 1 saturated carbocycles. The number of halogens is 3. The quantitative estimate of drug-likeness (QED) is 0.310. The van der Waals surface area contributed by atoms with Gasteiger partial charge in [-0.1, -0.05) is 37.6 Å². The van der Waals surface area contributed by atoms with E-state index in [1.165, 1.54) is 6.33 Å². The number of pyridine rings is 1. The van der Waals surface area contributed by atoms with Crippen molar-refractivity contribution in [3.05, 3.63) is 65.7 Å². The van der Waals surface area contributed by atoms with Crippen LogP contribution in [-0.4, -0.2) is 54.4 Å². The standard InChI is InChI=1S/C30H30F3N7O2/c1-29(10-3-11-29)28(42)39-13-2-4-22(16-39)40-27-24(26(34)36-17-37-27)25(38-40)19-7-5-18(6-8-19)23(41)15-21-14-20(9-12-35-21)30(31,32)33/h5-9,12,14,17,22H,2-4,10-11,13,15-16H2,1H3,(H2,34,36,37)/t22-/m1/s1. The fourth-order valence-electron chi connectivity index (χ4n) is 5.93. The van der Waals surface area contributed by atoms with Crippen molar-refractivity contribution < 1.29 is 22.8 Å². The topological polar surface area (TPSA) is 120 Å².